The highest BCUT2D eigenvalue weighted by Gasteiger charge is 2.48. The van der Waals surface area contributed by atoms with Crippen molar-refractivity contribution in [2.24, 2.45) is 0 Å². The molecule has 17 heavy (non-hydrogen) atoms. The van der Waals surface area contributed by atoms with Crippen molar-refractivity contribution in [3.63, 3.8) is 0 Å². The van der Waals surface area contributed by atoms with E-state index in [0.29, 0.717) is 0 Å². The highest BCUT2D eigenvalue weighted by atomic mass is 16.7. The first-order valence-electron chi connectivity index (χ1n) is 5.46. The molecule has 4 atom stereocenters. The Bertz CT molecular complexity index is 418. The third-order valence-corrected chi connectivity index (χ3v) is 2.96. The quantitative estimate of drug-likeness (QED) is 0.714. The van der Waals surface area contributed by atoms with Crippen LogP contribution >= 0.6 is 0 Å². The van der Waals surface area contributed by atoms with Gasteiger partial charge in [0.05, 0.1) is 0 Å². The second kappa shape index (κ2) is 4.10. The van der Waals surface area contributed by atoms with Crippen molar-refractivity contribution in [3.8, 4) is 0 Å². The monoisotopic (exact) mass is 236 g/mol. The Morgan fingerprint density at radius 2 is 1.94 bits per heavy atom. The van der Waals surface area contributed by atoms with Crippen LogP contribution in [0.4, 0.5) is 0 Å². The number of fused-ring (bicyclic) bond motifs is 1. The summed E-state index contributed by atoms with van der Waals surface area (Å²) >= 11 is 0. The van der Waals surface area contributed by atoms with Crippen molar-refractivity contribution >= 4 is 5.97 Å². The van der Waals surface area contributed by atoms with Gasteiger partial charge in [-0.1, -0.05) is 30.3 Å². The molecule has 90 valence electrons. The van der Waals surface area contributed by atoms with Crippen molar-refractivity contribution in [1.29, 1.82) is 0 Å². The van der Waals surface area contributed by atoms with Crippen LogP contribution in [0.25, 0.3) is 0 Å². The minimum atomic E-state index is -1.26. The molecule has 0 aromatic heterocycles. The van der Waals surface area contributed by atoms with Gasteiger partial charge in [0.25, 0.3) is 0 Å². The summed E-state index contributed by atoms with van der Waals surface area (Å²) in [5.74, 6) is -0.649. The minimum Gasteiger partial charge on any atom is -0.461 e. The van der Waals surface area contributed by atoms with Gasteiger partial charge >= 0.3 is 5.97 Å². The predicted octanol–water partition coefficient (Wildman–Crippen LogP) is 0.387. The van der Waals surface area contributed by atoms with E-state index in [4.69, 9.17) is 14.2 Å². The molecule has 1 aromatic rings. The van der Waals surface area contributed by atoms with Crippen molar-refractivity contribution in [1.82, 2.24) is 0 Å². The molecule has 2 heterocycles. The zero-order valence-electron chi connectivity index (χ0n) is 8.98. The number of cyclic esters (lactones) is 1. The maximum absolute atomic E-state index is 11.2. The molecule has 1 aromatic carbocycles. The van der Waals surface area contributed by atoms with Crippen LogP contribution in [-0.4, -0.2) is 36.0 Å². The second-order valence-electron chi connectivity index (χ2n) is 4.09. The lowest BCUT2D eigenvalue weighted by Crippen LogP contribution is -2.48. The smallest absolute Gasteiger partial charge is 0.337 e. The van der Waals surface area contributed by atoms with E-state index in [-0.39, 0.29) is 6.61 Å². The van der Waals surface area contributed by atoms with Crippen LogP contribution in [-0.2, 0) is 19.0 Å². The average molecular weight is 236 g/mol. The van der Waals surface area contributed by atoms with Gasteiger partial charge in [-0.15, -0.1) is 0 Å². The maximum atomic E-state index is 11.2. The molecule has 2 fully saturated rings. The molecule has 5 heteroatoms. The molecule has 0 spiro atoms. The highest BCUT2D eigenvalue weighted by Crippen LogP contribution is 2.34. The summed E-state index contributed by atoms with van der Waals surface area (Å²) in [6.45, 7) is 0.129. The van der Waals surface area contributed by atoms with E-state index in [9.17, 15) is 9.90 Å². The van der Waals surface area contributed by atoms with Gasteiger partial charge in [-0.25, -0.2) is 4.79 Å². The first-order chi connectivity index (χ1) is 8.25. The Morgan fingerprint density at radius 1 is 1.18 bits per heavy atom. The van der Waals surface area contributed by atoms with E-state index in [1.165, 1.54) is 0 Å². The third kappa shape index (κ3) is 1.82. The zero-order chi connectivity index (χ0) is 11.8. The number of aliphatic hydroxyl groups excluding tert-OH is 1. The summed E-state index contributed by atoms with van der Waals surface area (Å²) in [5.41, 5.74) is 0.863. The standard InChI is InChI=1S/C12H12O5/c13-9-10-8(6-15-11(9)14)16-12(17-10)7-4-2-1-3-5-7/h1-5,8-10,12-13H,6H2/t8-,9+,10-,12-/m0/s1. The number of rotatable bonds is 1. The molecule has 1 N–H and O–H groups in total. The third-order valence-electron chi connectivity index (χ3n) is 2.96. The van der Waals surface area contributed by atoms with Gasteiger partial charge in [0.2, 0.25) is 0 Å². The van der Waals surface area contributed by atoms with Crippen molar-refractivity contribution < 1.29 is 24.1 Å². The largest absolute Gasteiger partial charge is 0.461 e. The second-order valence-corrected chi connectivity index (χ2v) is 4.09. The number of esters is 1. The number of carbonyl (C=O) groups excluding carboxylic acids is 1. The van der Waals surface area contributed by atoms with Crippen LogP contribution in [0.1, 0.15) is 11.9 Å². The summed E-state index contributed by atoms with van der Waals surface area (Å²) in [5, 5.41) is 9.63. The fraction of sp³-hybridized carbons (Fsp3) is 0.417. The highest BCUT2D eigenvalue weighted by molar-refractivity contribution is 5.76. The van der Waals surface area contributed by atoms with E-state index in [1.807, 2.05) is 30.3 Å². The number of carbonyl (C=O) groups is 1. The fourth-order valence-electron chi connectivity index (χ4n) is 2.06. The normalized spacial score (nSPS) is 36.4. The summed E-state index contributed by atoms with van der Waals surface area (Å²) < 4.78 is 16.0. The van der Waals surface area contributed by atoms with Crippen LogP contribution in [0.5, 0.6) is 0 Å². The van der Waals surface area contributed by atoms with E-state index in [2.05, 4.69) is 0 Å². The molecule has 2 aliphatic rings. The summed E-state index contributed by atoms with van der Waals surface area (Å²) in [7, 11) is 0. The number of benzene rings is 1. The average Bonchev–Trinajstić information content (AvgIpc) is 2.80. The number of hydrogen-bond donors (Lipinski definition) is 1. The Kier molecular flexibility index (Phi) is 2.58. The molecule has 0 saturated carbocycles. The number of hydrogen-bond acceptors (Lipinski definition) is 5. The molecule has 3 rings (SSSR count). The van der Waals surface area contributed by atoms with Gasteiger partial charge < -0.3 is 19.3 Å². The first-order valence-corrected chi connectivity index (χ1v) is 5.46. The van der Waals surface area contributed by atoms with Crippen LogP contribution in [0, 0.1) is 0 Å². The molecule has 0 aliphatic carbocycles. The summed E-state index contributed by atoms with van der Waals surface area (Å²) in [6, 6.07) is 9.39. The Balaban J connectivity index is 1.79. The molecule has 0 amide bonds. The van der Waals surface area contributed by atoms with Gasteiger partial charge in [0.1, 0.15) is 18.8 Å². The molecule has 0 radical (unpaired) electrons. The van der Waals surface area contributed by atoms with E-state index < -0.39 is 30.6 Å². The first kappa shape index (κ1) is 10.7. The van der Waals surface area contributed by atoms with Crippen LogP contribution in [0.3, 0.4) is 0 Å². The Labute approximate surface area is 97.9 Å². The number of aliphatic hydroxyl groups is 1. The lowest BCUT2D eigenvalue weighted by atomic mass is 10.1. The maximum Gasteiger partial charge on any atom is 0.337 e. The Morgan fingerprint density at radius 3 is 2.71 bits per heavy atom. The lowest BCUT2D eigenvalue weighted by molar-refractivity contribution is -0.173. The van der Waals surface area contributed by atoms with Crippen molar-refractivity contribution in [2.75, 3.05) is 6.61 Å². The van der Waals surface area contributed by atoms with Gasteiger partial charge in [-0.2, -0.15) is 0 Å². The number of ether oxygens (including phenoxy) is 3. The van der Waals surface area contributed by atoms with Crippen LogP contribution < -0.4 is 0 Å². The molecule has 2 saturated heterocycles. The van der Waals surface area contributed by atoms with Crippen molar-refractivity contribution in [2.45, 2.75) is 24.6 Å². The van der Waals surface area contributed by atoms with Gasteiger partial charge in [-0.3, -0.25) is 0 Å². The van der Waals surface area contributed by atoms with Gasteiger partial charge in [0.15, 0.2) is 12.4 Å². The molecule has 0 unspecified atom stereocenters. The zero-order valence-corrected chi connectivity index (χ0v) is 8.98. The fourth-order valence-corrected chi connectivity index (χ4v) is 2.06. The van der Waals surface area contributed by atoms with Gasteiger partial charge in [-0.05, 0) is 0 Å². The van der Waals surface area contributed by atoms with Crippen LogP contribution in [0.15, 0.2) is 30.3 Å². The molecule has 5 nitrogen and oxygen atoms in total. The molecule has 2 aliphatic heterocycles. The summed E-state index contributed by atoms with van der Waals surface area (Å²) in [6.07, 6.45) is -2.84. The molecule has 0 bridgehead atoms. The van der Waals surface area contributed by atoms with Crippen molar-refractivity contribution in [3.05, 3.63) is 35.9 Å². The topological polar surface area (TPSA) is 65.0 Å². The predicted molar refractivity (Wildman–Crippen MR) is 55.9 cm³/mol. The van der Waals surface area contributed by atoms with E-state index in [0.717, 1.165) is 5.56 Å². The molecular formula is C12H12O5. The van der Waals surface area contributed by atoms with E-state index >= 15 is 0 Å². The Hall–Kier alpha value is -1.43. The van der Waals surface area contributed by atoms with E-state index in [1.54, 1.807) is 0 Å². The SMILES string of the molecule is O=C1OC[C@@H]2O[C@H](c3ccccc3)O[C@@H]2[C@H]1O. The van der Waals surface area contributed by atoms with Crippen LogP contribution in [0.2, 0.25) is 0 Å². The lowest BCUT2D eigenvalue weighted by Gasteiger charge is -2.25. The molecular weight excluding hydrogens is 224 g/mol. The van der Waals surface area contributed by atoms with Gasteiger partial charge in [0, 0.05) is 5.56 Å². The summed E-state index contributed by atoms with van der Waals surface area (Å²) in [4.78, 5) is 11.2. The minimum absolute atomic E-state index is 0.129.